The van der Waals surface area contributed by atoms with Gasteiger partial charge in [0.15, 0.2) is 0 Å². The molecule has 2 unspecified atom stereocenters. The molecule has 1 aliphatic heterocycles. The summed E-state index contributed by atoms with van der Waals surface area (Å²) in [7, 11) is 0. The topological polar surface area (TPSA) is 93.5 Å². The van der Waals surface area contributed by atoms with Gasteiger partial charge in [0.1, 0.15) is 17.5 Å². The van der Waals surface area contributed by atoms with Crippen LogP contribution < -0.4 is 10.6 Å². The van der Waals surface area contributed by atoms with Crippen LogP contribution >= 0.6 is 11.6 Å². The number of alkyl halides is 3. The predicted molar refractivity (Wildman–Crippen MR) is 108 cm³/mol. The molecule has 0 bridgehead atoms. The van der Waals surface area contributed by atoms with Gasteiger partial charge in [-0.1, -0.05) is 11.6 Å². The fourth-order valence-electron chi connectivity index (χ4n) is 3.45. The molecule has 0 aliphatic carbocycles. The largest absolute Gasteiger partial charge is 0.444 e. The Balaban J connectivity index is 2.17. The molecule has 1 amide bonds. The third kappa shape index (κ3) is 4.94. The zero-order valence-electron chi connectivity index (χ0n) is 17.0. The maximum atomic E-state index is 13.8. The molecule has 2 aromatic carbocycles. The summed E-state index contributed by atoms with van der Waals surface area (Å²) in [6.07, 6.45) is -5.84. The highest BCUT2D eigenvalue weighted by atomic mass is 35.5. The molecule has 1 heterocycles. The number of nitro groups is 1. The molecule has 7 nitrogen and oxygen atoms in total. The minimum Gasteiger partial charge on any atom is -0.444 e. The van der Waals surface area contributed by atoms with Crippen molar-refractivity contribution < 1.29 is 32.0 Å². The summed E-state index contributed by atoms with van der Waals surface area (Å²) in [5, 5.41) is 16.2. The lowest BCUT2D eigenvalue weighted by atomic mass is 9.94. The van der Waals surface area contributed by atoms with Gasteiger partial charge in [0, 0.05) is 11.1 Å². The van der Waals surface area contributed by atoms with Crippen molar-refractivity contribution in [2.45, 2.75) is 44.6 Å². The molecule has 3 rings (SSSR count). The van der Waals surface area contributed by atoms with Crippen LogP contribution in [-0.2, 0) is 4.74 Å². The Morgan fingerprint density at radius 2 is 1.84 bits per heavy atom. The minimum absolute atomic E-state index is 0.0667. The van der Waals surface area contributed by atoms with E-state index in [-0.39, 0.29) is 21.8 Å². The zero-order chi connectivity index (χ0) is 24.0. The van der Waals surface area contributed by atoms with Gasteiger partial charge in [-0.05, 0) is 56.2 Å². The van der Waals surface area contributed by atoms with E-state index >= 15 is 0 Å². The number of carbonyl (C=O) groups is 1. The van der Waals surface area contributed by atoms with Gasteiger partial charge in [-0.25, -0.2) is 9.18 Å². The van der Waals surface area contributed by atoms with Crippen LogP contribution in [0.4, 0.5) is 33.7 Å². The van der Waals surface area contributed by atoms with E-state index in [9.17, 15) is 32.5 Å². The van der Waals surface area contributed by atoms with E-state index in [0.717, 1.165) is 30.3 Å². The second-order valence-electron chi connectivity index (χ2n) is 8.12. The summed E-state index contributed by atoms with van der Waals surface area (Å²) in [6, 6.07) is 1.26. The maximum Gasteiger partial charge on any atom is 0.412 e. The van der Waals surface area contributed by atoms with E-state index in [0.29, 0.717) is 0 Å². The predicted octanol–water partition coefficient (Wildman–Crippen LogP) is 6.03. The van der Waals surface area contributed by atoms with Crippen LogP contribution in [0.1, 0.15) is 49.5 Å². The van der Waals surface area contributed by atoms with Crippen molar-refractivity contribution in [1.82, 2.24) is 5.32 Å². The third-order valence-corrected chi connectivity index (χ3v) is 4.91. The van der Waals surface area contributed by atoms with Crippen LogP contribution in [0, 0.1) is 15.9 Å². The van der Waals surface area contributed by atoms with Crippen molar-refractivity contribution in [3.05, 3.63) is 68.0 Å². The Morgan fingerprint density at radius 1 is 1.19 bits per heavy atom. The number of fused-ring (bicyclic) bond motifs is 1. The van der Waals surface area contributed by atoms with E-state index in [4.69, 9.17) is 16.3 Å². The van der Waals surface area contributed by atoms with Gasteiger partial charge in [0.2, 0.25) is 0 Å². The van der Waals surface area contributed by atoms with Crippen LogP contribution in [0.2, 0.25) is 5.02 Å². The Labute approximate surface area is 184 Å². The summed E-state index contributed by atoms with van der Waals surface area (Å²) in [6.45, 7) is 4.73. The van der Waals surface area contributed by atoms with Gasteiger partial charge in [0.05, 0.1) is 22.2 Å². The van der Waals surface area contributed by atoms with Crippen molar-refractivity contribution in [2.75, 3.05) is 5.32 Å². The van der Waals surface area contributed by atoms with Gasteiger partial charge < -0.3 is 4.74 Å². The smallest absolute Gasteiger partial charge is 0.412 e. The number of hydrogen-bond acceptors (Lipinski definition) is 5. The Hall–Kier alpha value is -2.92. The first-order valence-corrected chi connectivity index (χ1v) is 9.65. The molecule has 2 aromatic rings. The number of nitrogens with one attached hydrogen (secondary N) is 2. The first-order valence-electron chi connectivity index (χ1n) is 9.27. The summed E-state index contributed by atoms with van der Waals surface area (Å²) in [5.41, 5.74) is -2.75. The molecule has 0 saturated heterocycles. The Bertz CT molecular complexity index is 1090. The molecule has 0 aromatic heterocycles. The summed E-state index contributed by atoms with van der Waals surface area (Å²) < 4.78 is 60.3. The Morgan fingerprint density at radius 3 is 2.41 bits per heavy atom. The molecule has 0 saturated carbocycles. The number of nitrogens with zero attached hydrogens (tertiary/aromatic N) is 1. The van der Waals surface area contributed by atoms with Crippen molar-refractivity contribution in [2.24, 2.45) is 0 Å². The fourth-order valence-corrected chi connectivity index (χ4v) is 3.68. The number of benzene rings is 2. The second kappa shape index (κ2) is 8.21. The van der Waals surface area contributed by atoms with Gasteiger partial charge >= 0.3 is 12.3 Å². The first-order chi connectivity index (χ1) is 14.7. The van der Waals surface area contributed by atoms with Crippen molar-refractivity contribution >= 4 is 29.1 Å². The molecule has 2 N–H and O–H groups in total. The van der Waals surface area contributed by atoms with Gasteiger partial charge in [0.25, 0.3) is 5.69 Å². The lowest BCUT2D eigenvalue weighted by molar-refractivity contribution is -0.385. The van der Waals surface area contributed by atoms with Gasteiger partial charge in [-0.2, -0.15) is 13.2 Å². The Kier molecular flexibility index (Phi) is 6.09. The highest BCUT2D eigenvalue weighted by Crippen LogP contribution is 2.50. The van der Waals surface area contributed by atoms with Crippen LogP contribution in [0.15, 0.2) is 30.3 Å². The summed E-state index contributed by atoms with van der Waals surface area (Å²) in [4.78, 5) is 22.9. The summed E-state index contributed by atoms with van der Waals surface area (Å²) >= 11 is 6.07. The highest BCUT2D eigenvalue weighted by Gasteiger charge is 2.50. The van der Waals surface area contributed by atoms with Crippen LogP contribution in [-0.4, -0.2) is 22.8 Å². The SMILES string of the molecule is CC(C)(C)OC(=O)Nc1cc2c(c([N+](=O)[O-])c1)C(c1cc(F)ccc1Cl)NC2C(F)(F)F. The van der Waals surface area contributed by atoms with E-state index in [1.54, 1.807) is 20.8 Å². The average molecular weight is 476 g/mol. The van der Waals surface area contributed by atoms with E-state index in [1.165, 1.54) is 0 Å². The lowest BCUT2D eigenvalue weighted by Crippen LogP contribution is -2.31. The van der Waals surface area contributed by atoms with E-state index in [1.807, 2.05) is 0 Å². The lowest BCUT2D eigenvalue weighted by Gasteiger charge is -2.20. The highest BCUT2D eigenvalue weighted by molar-refractivity contribution is 6.31. The molecular formula is C20H18ClF4N3O4. The molecular weight excluding hydrogens is 458 g/mol. The van der Waals surface area contributed by atoms with Crippen molar-refractivity contribution in [1.29, 1.82) is 0 Å². The van der Waals surface area contributed by atoms with Gasteiger partial charge in [-0.3, -0.25) is 20.7 Å². The molecule has 12 heteroatoms. The number of amides is 1. The number of ether oxygens (including phenoxy) is 1. The fraction of sp³-hybridized carbons (Fsp3) is 0.350. The standard InChI is InChI=1S/C20H18ClF4N3O4/c1-19(2,3)32-18(29)26-10-7-12-15(14(8-10)28(30)31)16(27-17(12)20(23,24)25)11-6-9(22)4-5-13(11)21/h4-8,16-17,27H,1-3H3,(H,26,29). The number of anilines is 1. The average Bonchev–Trinajstić information content (AvgIpc) is 3.00. The maximum absolute atomic E-state index is 13.8. The zero-order valence-corrected chi connectivity index (χ0v) is 17.8. The summed E-state index contributed by atoms with van der Waals surface area (Å²) in [5.74, 6) is -0.769. The normalized spacial score (nSPS) is 18.2. The van der Waals surface area contributed by atoms with Gasteiger partial charge in [-0.15, -0.1) is 0 Å². The third-order valence-electron chi connectivity index (χ3n) is 4.56. The van der Waals surface area contributed by atoms with E-state index < -0.39 is 51.9 Å². The van der Waals surface area contributed by atoms with Crippen LogP contribution in [0.5, 0.6) is 0 Å². The minimum atomic E-state index is -4.85. The molecule has 2 atom stereocenters. The second-order valence-corrected chi connectivity index (χ2v) is 8.53. The molecule has 0 radical (unpaired) electrons. The van der Waals surface area contributed by atoms with Crippen molar-refractivity contribution in [3.8, 4) is 0 Å². The monoisotopic (exact) mass is 475 g/mol. The molecule has 172 valence electrons. The molecule has 0 spiro atoms. The molecule has 0 fully saturated rings. The number of carbonyl (C=O) groups excluding carboxylic acids is 1. The van der Waals surface area contributed by atoms with Crippen molar-refractivity contribution in [3.63, 3.8) is 0 Å². The number of rotatable bonds is 3. The molecule has 1 aliphatic rings. The number of nitro benzene ring substituents is 1. The number of halogens is 5. The first kappa shape index (κ1) is 23.7. The quantitative estimate of drug-likeness (QED) is 0.321. The number of hydrogen-bond donors (Lipinski definition) is 2. The van der Waals surface area contributed by atoms with Crippen LogP contribution in [0.3, 0.4) is 0 Å². The van der Waals surface area contributed by atoms with E-state index in [2.05, 4.69) is 10.6 Å². The molecule has 32 heavy (non-hydrogen) atoms. The van der Waals surface area contributed by atoms with Crippen LogP contribution in [0.25, 0.3) is 0 Å².